The lowest BCUT2D eigenvalue weighted by Gasteiger charge is -2.11. The average Bonchev–Trinajstić information content (AvgIpc) is 3.01. The summed E-state index contributed by atoms with van der Waals surface area (Å²) in [5.41, 5.74) is 5.22. The molecule has 3 rings (SSSR count). The predicted molar refractivity (Wildman–Crippen MR) is 110 cm³/mol. The lowest BCUT2D eigenvalue weighted by molar-refractivity contribution is -0.127. The summed E-state index contributed by atoms with van der Waals surface area (Å²) in [5.74, 6) is -0.159. The van der Waals surface area contributed by atoms with Crippen LogP contribution in [0.4, 0.5) is 5.69 Å². The van der Waals surface area contributed by atoms with E-state index in [-0.39, 0.29) is 11.8 Å². The largest absolute Gasteiger partial charge is 0.349 e. The third kappa shape index (κ3) is 4.28. The molecule has 0 unspecified atom stereocenters. The molecule has 2 aromatic carbocycles. The number of anilines is 1. The van der Waals surface area contributed by atoms with Crippen LogP contribution < -0.4 is 5.32 Å². The monoisotopic (exact) mass is 376 g/mol. The number of nitrogens with one attached hydrogen (secondary N) is 1. The maximum atomic E-state index is 12.5. The van der Waals surface area contributed by atoms with Gasteiger partial charge in [-0.25, -0.2) is 4.98 Å². The summed E-state index contributed by atoms with van der Waals surface area (Å²) in [6.07, 6.45) is 2.12. The van der Waals surface area contributed by atoms with E-state index in [1.165, 1.54) is 0 Å². The van der Waals surface area contributed by atoms with Gasteiger partial charge in [0.1, 0.15) is 0 Å². The number of amides is 2. The van der Waals surface area contributed by atoms with Gasteiger partial charge in [0.25, 0.3) is 5.91 Å². The minimum Gasteiger partial charge on any atom is -0.349 e. The van der Waals surface area contributed by atoms with E-state index < -0.39 is 0 Å². The van der Waals surface area contributed by atoms with Crippen molar-refractivity contribution >= 4 is 17.5 Å². The topological polar surface area (TPSA) is 67.2 Å². The van der Waals surface area contributed by atoms with E-state index in [0.29, 0.717) is 12.0 Å². The molecule has 0 aliphatic rings. The van der Waals surface area contributed by atoms with Crippen LogP contribution >= 0.6 is 0 Å². The van der Waals surface area contributed by atoms with Crippen LogP contribution in [0.15, 0.2) is 54.9 Å². The Morgan fingerprint density at radius 3 is 2.18 bits per heavy atom. The number of benzene rings is 2. The number of carbonyl (C=O) groups is 2. The number of aromatic nitrogens is 2. The van der Waals surface area contributed by atoms with Gasteiger partial charge in [0.2, 0.25) is 5.91 Å². The number of nitrogens with zero attached hydrogens (tertiary/aromatic N) is 3. The van der Waals surface area contributed by atoms with E-state index in [1.54, 1.807) is 37.5 Å². The molecule has 28 heavy (non-hydrogen) atoms. The summed E-state index contributed by atoms with van der Waals surface area (Å²) in [6, 6.07) is 14.7. The van der Waals surface area contributed by atoms with Crippen molar-refractivity contribution < 1.29 is 9.59 Å². The zero-order chi connectivity index (χ0) is 20.3. The standard InChI is InChI=1S/C22H24N4O2/c1-15-16(2)26(14-23-15)20-11-9-19(10-12-20)24-22(28)18-7-5-17(6-8-18)13-21(27)25(3)4/h5-12,14H,13H2,1-4H3,(H,24,28). The first-order valence-electron chi connectivity index (χ1n) is 9.06. The number of likely N-dealkylation sites (N-methyl/N-ethyl adjacent to an activating group) is 1. The Morgan fingerprint density at radius 2 is 1.64 bits per heavy atom. The van der Waals surface area contributed by atoms with E-state index in [2.05, 4.69) is 10.3 Å². The summed E-state index contributed by atoms with van der Waals surface area (Å²) in [4.78, 5) is 30.1. The lowest BCUT2D eigenvalue weighted by Crippen LogP contribution is -2.23. The fourth-order valence-electron chi connectivity index (χ4n) is 2.77. The van der Waals surface area contributed by atoms with Gasteiger partial charge >= 0.3 is 0 Å². The molecule has 0 radical (unpaired) electrons. The number of hydrogen-bond donors (Lipinski definition) is 1. The molecule has 0 saturated carbocycles. The molecule has 1 N–H and O–H groups in total. The molecule has 0 atom stereocenters. The van der Waals surface area contributed by atoms with Crippen LogP contribution in [-0.2, 0) is 11.2 Å². The highest BCUT2D eigenvalue weighted by Crippen LogP contribution is 2.17. The Morgan fingerprint density at radius 1 is 1.00 bits per heavy atom. The zero-order valence-corrected chi connectivity index (χ0v) is 16.6. The van der Waals surface area contributed by atoms with Gasteiger partial charge in [-0.2, -0.15) is 0 Å². The minimum absolute atomic E-state index is 0.0283. The summed E-state index contributed by atoms with van der Waals surface area (Å²) < 4.78 is 2.01. The van der Waals surface area contributed by atoms with Gasteiger partial charge in [0.05, 0.1) is 18.4 Å². The highest BCUT2D eigenvalue weighted by molar-refractivity contribution is 6.04. The number of imidazole rings is 1. The van der Waals surface area contributed by atoms with Crippen molar-refractivity contribution in [1.29, 1.82) is 0 Å². The van der Waals surface area contributed by atoms with Crippen molar-refractivity contribution in [2.75, 3.05) is 19.4 Å². The fraction of sp³-hybridized carbons (Fsp3) is 0.227. The Kier molecular flexibility index (Phi) is 5.59. The summed E-state index contributed by atoms with van der Waals surface area (Å²) in [6.45, 7) is 4.00. The third-order valence-corrected chi connectivity index (χ3v) is 4.73. The van der Waals surface area contributed by atoms with Gasteiger partial charge in [0, 0.05) is 36.7 Å². The quantitative estimate of drug-likeness (QED) is 0.742. The van der Waals surface area contributed by atoms with Crippen molar-refractivity contribution in [2.24, 2.45) is 0 Å². The number of carbonyl (C=O) groups excluding carboxylic acids is 2. The summed E-state index contributed by atoms with van der Waals surface area (Å²) in [5, 5.41) is 2.90. The van der Waals surface area contributed by atoms with Gasteiger partial charge in [-0.1, -0.05) is 12.1 Å². The van der Waals surface area contributed by atoms with Crippen molar-refractivity contribution in [3.05, 3.63) is 77.4 Å². The molecule has 6 heteroatoms. The molecular formula is C22H24N4O2. The minimum atomic E-state index is -0.187. The zero-order valence-electron chi connectivity index (χ0n) is 16.6. The first-order chi connectivity index (χ1) is 13.3. The van der Waals surface area contributed by atoms with E-state index in [1.807, 2.05) is 54.8 Å². The van der Waals surface area contributed by atoms with Crippen molar-refractivity contribution in [2.45, 2.75) is 20.3 Å². The van der Waals surface area contributed by atoms with Crippen LogP contribution in [0.1, 0.15) is 27.3 Å². The first kappa shape index (κ1) is 19.4. The van der Waals surface area contributed by atoms with Gasteiger partial charge < -0.3 is 14.8 Å². The molecule has 0 fully saturated rings. The molecule has 0 aliphatic heterocycles. The SMILES string of the molecule is Cc1ncn(-c2ccc(NC(=O)c3ccc(CC(=O)N(C)C)cc3)cc2)c1C. The van der Waals surface area contributed by atoms with E-state index in [9.17, 15) is 9.59 Å². The number of aryl methyl sites for hydroxylation is 1. The van der Waals surface area contributed by atoms with E-state index in [0.717, 1.165) is 28.3 Å². The second-order valence-electron chi connectivity index (χ2n) is 6.95. The molecule has 0 saturated heterocycles. The van der Waals surface area contributed by atoms with E-state index in [4.69, 9.17) is 0 Å². The number of hydrogen-bond acceptors (Lipinski definition) is 3. The van der Waals surface area contributed by atoms with Crippen LogP contribution in [0.2, 0.25) is 0 Å². The fourth-order valence-corrected chi connectivity index (χ4v) is 2.77. The molecule has 3 aromatic rings. The van der Waals surface area contributed by atoms with Crippen molar-refractivity contribution in [1.82, 2.24) is 14.5 Å². The van der Waals surface area contributed by atoms with E-state index >= 15 is 0 Å². The smallest absolute Gasteiger partial charge is 0.255 e. The first-order valence-corrected chi connectivity index (χ1v) is 9.06. The molecule has 6 nitrogen and oxygen atoms in total. The third-order valence-electron chi connectivity index (χ3n) is 4.73. The van der Waals surface area contributed by atoms with Gasteiger partial charge in [0.15, 0.2) is 0 Å². The molecule has 0 bridgehead atoms. The molecule has 144 valence electrons. The molecule has 1 heterocycles. The van der Waals surface area contributed by atoms with Crippen molar-refractivity contribution in [3.63, 3.8) is 0 Å². The second kappa shape index (κ2) is 8.08. The Labute approximate surface area is 164 Å². The second-order valence-corrected chi connectivity index (χ2v) is 6.95. The molecule has 0 spiro atoms. The van der Waals surface area contributed by atoms with Crippen LogP contribution in [0.5, 0.6) is 0 Å². The molecule has 2 amide bonds. The highest BCUT2D eigenvalue weighted by atomic mass is 16.2. The average molecular weight is 376 g/mol. The van der Waals surface area contributed by atoms with Crippen molar-refractivity contribution in [3.8, 4) is 5.69 Å². The summed E-state index contributed by atoms with van der Waals surface area (Å²) >= 11 is 0. The maximum absolute atomic E-state index is 12.5. The highest BCUT2D eigenvalue weighted by Gasteiger charge is 2.10. The van der Waals surface area contributed by atoms with Crippen LogP contribution in [-0.4, -0.2) is 40.4 Å². The maximum Gasteiger partial charge on any atom is 0.255 e. The number of rotatable bonds is 5. The molecule has 1 aromatic heterocycles. The Hall–Kier alpha value is -3.41. The predicted octanol–water partition coefficient (Wildman–Crippen LogP) is 3.37. The van der Waals surface area contributed by atoms with Gasteiger partial charge in [-0.3, -0.25) is 9.59 Å². The Bertz CT molecular complexity index is 986. The van der Waals surface area contributed by atoms with Gasteiger partial charge in [-0.15, -0.1) is 0 Å². The van der Waals surface area contributed by atoms with Crippen LogP contribution in [0.3, 0.4) is 0 Å². The lowest BCUT2D eigenvalue weighted by atomic mass is 10.1. The molecule has 0 aliphatic carbocycles. The van der Waals surface area contributed by atoms with Crippen LogP contribution in [0.25, 0.3) is 5.69 Å². The van der Waals surface area contributed by atoms with Gasteiger partial charge in [-0.05, 0) is 55.8 Å². The summed E-state index contributed by atoms with van der Waals surface area (Å²) in [7, 11) is 3.45. The van der Waals surface area contributed by atoms with Crippen LogP contribution in [0, 0.1) is 13.8 Å². The normalized spacial score (nSPS) is 10.6. The Balaban J connectivity index is 1.66. The molecular weight excluding hydrogens is 352 g/mol.